The van der Waals surface area contributed by atoms with E-state index in [1.54, 1.807) is 0 Å². The minimum atomic E-state index is -3.52. The normalized spacial score (nSPS) is 11.6. The number of aromatic nitrogens is 1. The number of carbonyl (C=O) groups excluding carboxylic acids is 1. The van der Waals surface area contributed by atoms with Gasteiger partial charge in [0.2, 0.25) is 10.0 Å². The van der Waals surface area contributed by atoms with E-state index >= 15 is 0 Å². The van der Waals surface area contributed by atoms with Crippen LogP contribution in [-0.2, 0) is 16.4 Å². The van der Waals surface area contributed by atoms with Gasteiger partial charge in [-0.1, -0.05) is 37.6 Å². The lowest BCUT2D eigenvalue weighted by molar-refractivity contribution is 0.102. The fourth-order valence-corrected chi connectivity index (χ4v) is 4.37. The fourth-order valence-electron chi connectivity index (χ4n) is 2.75. The van der Waals surface area contributed by atoms with Gasteiger partial charge < -0.3 is 0 Å². The summed E-state index contributed by atoms with van der Waals surface area (Å²) in [7, 11) is -0.590. The molecule has 0 saturated carbocycles. The number of benzene rings is 2. The highest BCUT2D eigenvalue weighted by Gasteiger charge is 2.18. The van der Waals surface area contributed by atoms with Crippen molar-refractivity contribution in [1.82, 2.24) is 9.29 Å². The van der Waals surface area contributed by atoms with E-state index in [1.165, 1.54) is 55.3 Å². The minimum absolute atomic E-state index is 0.141. The first kappa shape index (κ1) is 21.2. The van der Waals surface area contributed by atoms with Gasteiger partial charge in [0.1, 0.15) is 0 Å². The summed E-state index contributed by atoms with van der Waals surface area (Å²) in [6.45, 7) is 2.15. The van der Waals surface area contributed by atoms with E-state index in [0.717, 1.165) is 28.4 Å². The summed E-state index contributed by atoms with van der Waals surface area (Å²) in [5.41, 5.74) is 3.46. The summed E-state index contributed by atoms with van der Waals surface area (Å²) in [6.07, 6.45) is 2.15. The van der Waals surface area contributed by atoms with Crippen LogP contribution in [0.25, 0.3) is 11.3 Å². The zero-order chi connectivity index (χ0) is 21.0. The van der Waals surface area contributed by atoms with Gasteiger partial charge in [0.15, 0.2) is 5.13 Å². The molecule has 1 heterocycles. The maximum absolute atomic E-state index is 12.5. The van der Waals surface area contributed by atoms with Crippen LogP contribution in [0.2, 0.25) is 0 Å². The van der Waals surface area contributed by atoms with Crippen LogP contribution in [0.3, 0.4) is 0 Å². The third-order valence-corrected chi connectivity index (χ3v) is 7.00. The van der Waals surface area contributed by atoms with Crippen LogP contribution >= 0.6 is 11.3 Å². The van der Waals surface area contributed by atoms with Gasteiger partial charge in [0.05, 0.1) is 10.6 Å². The number of sulfonamides is 1. The number of nitrogens with one attached hydrogen (secondary N) is 1. The molecule has 0 spiro atoms. The van der Waals surface area contributed by atoms with Crippen molar-refractivity contribution in [2.24, 2.45) is 0 Å². The number of hydrogen-bond donors (Lipinski definition) is 1. The first-order valence-electron chi connectivity index (χ1n) is 9.20. The van der Waals surface area contributed by atoms with Crippen molar-refractivity contribution in [3.8, 4) is 11.3 Å². The van der Waals surface area contributed by atoms with Crippen LogP contribution in [0.4, 0.5) is 5.13 Å². The molecule has 2 aromatic carbocycles. The van der Waals surface area contributed by atoms with Crippen LogP contribution in [0.5, 0.6) is 0 Å². The van der Waals surface area contributed by atoms with Gasteiger partial charge in [-0.2, -0.15) is 0 Å². The Hall–Kier alpha value is -2.55. The maximum atomic E-state index is 12.5. The van der Waals surface area contributed by atoms with Gasteiger partial charge in [0, 0.05) is 30.6 Å². The van der Waals surface area contributed by atoms with Gasteiger partial charge >= 0.3 is 0 Å². The Labute approximate surface area is 175 Å². The van der Waals surface area contributed by atoms with Gasteiger partial charge in [-0.3, -0.25) is 10.1 Å². The van der Waals surface area contributed by atoms with Crippen LogP contribution < -0.4 is 5.32 Å². The summed E-state index contributed by atoms with van der Waals surface area (Å²) in [6, 6.07) is 14.1. The predicted molar refractivity (Wildman–Crippen MR) is 117 cm³/mol. The molecule has 0 unspecified atom stereocenters. The van der Waals surface area contributed by atoms with Crippen LogP contribution in [-0.4, -0.2) is 37.7 Å². The van der Waals surface area contributed by atoms with E-state index in [4.69, 9.17) is 0 Å². The highest BCUT2D eigenvalue weighted by molar-refractivity contribution is 7.89. The van der Waals surface area contributed by atoms with E-state index < -0.39 is 10.0 Å². The number of amides is 1. The molecule has 8 heteroatoms. The monoisotopic (exact) mass is 429 g/mol. The van der Waals surface area contributed by atoms with Gasteiger partial charge in [-0.15, -0.1) is 11.3 Å². The zero-order valence-electron chi connectivity index (χ0n) is 16.5. The second kappa shape index (κ2) is 8.86. The Balaban J connectivity index is 1.70. The second-order valence-corrected chi connectivity index (χ2v) is 9.76. The molecular formula is C21H23N3O3S2. The smallest absolute Gasteiger partial charge is 0.257 e. The summed E-state index contributed by atoms with van der Waals surface area (Å²) in [4.78, 5) is 17.1. The van der Waals surface area contributed by atoms with Crippen LogP contribution in [0, 0.1) is 0 Å². The first-order chi connectivity index (χ1) is 13.8. The molecule has 0 fully saturated rings. The molecule has 3 aromatic rings. The third kappa shape index (κ3) is 4.90. The molecule has 0 aliphatic rings. The number of thiazole rings is 1. The van der Waals surface area contributed by atoms with Crippen LogP contribution in [0.1, 0.15) is 29.3 Å². The highest BCUT2D eigenvalue weighted by atomic mass is 32.2. The van der Waals surface area contributed by atoms with Gasteiger partial charge in [-0.25, -0.2) is 17.7 Å². The average molecular weight is 430 g/mol. The van der Waals surface area contributed by atoms with E-state index in [1.807, 2.05) is 17.5 Å². The van der Waals surface area contributed by atoms with Crippen molar-refractivity contribution < 1.29 is 13.2 Å². The number of aryl methyl sites for hydroxylation is 1. The molecule has 1 N–H and O–H groups in total. The molecule has 6 nitrogen and oxygen atoms in total. The molecule has 1 aromatic heterocycles. The average Bonchev–Trinajstić information content (AvgIpc) is 3.17. The third-order valence-electron chi connectivity index (χ3n) is 4.41. The minimum Gasteiger partial charge on any atom is -0.298 e. The maximum Gasteiger partial charge on any atom is 0.257 e. The Morgan fingerprint density at radius 2 is 1.72 bits per heavy atom. The molecule has 0 atom stereocenters. The lowest BCUT2D eigenvalue weighted by Gasteiger charge is -2.11. The predicted octanol–water partition coefficient (Wildman–Crippen LogP) is 4.27. The van der Waals surface area contributed by atoms with Gasteiger partial charge in [-0.05, 0) is 36.2 Å². The lowest BCUT2D eigenvalue weighted by Crippen LogP contribution is -2.22. The highest BCUT2D eigenvalue weighted by Crippen LogP contribution is 2.26. The van der Waals surface area contributed by atoms with Crippen molar-refractivity contribution in [3.05, 3.63) is 65.0 Å². The van der Waals surface area contributed by atoms with E-state index in [9.17, 15) is 13.2 Å². The Kier molecular flexibility index (Phi) is 6.46. The number of rotatable bonds is 7. The number of anilines is 1. The van der Waals surface area contributed by atoms with Crippen molar-refractivity contribution in [2.45, 2.75) is 24.7 Å². The molecule has 3 rings (SSSR count). The van der Waals surface area contributed by atoms with Crippen molar-refractivity contribution >= 4 is 32.4 Å². The number of nitrogens with zero attached hydrogens (tertiary/aromatic N) is 2. The zero-order valence-corrected chi connectivity index (χ0v) is 18.2. The summed E-state index contributed by atoms with van der Waals surface area (Å²) >= 11 is 1.35. The first-order valence-corrected chi connectivity index (χ1v) is 11.5. The molecule has 0 bridgehead atoms. The summed E-state index contributed by atoms with van der Waals surface area (Å²) in [5, 5.41) is 5.16. The van der Waals surface area contributed by atoms with E-state index in [2.05, 4.69) is 29.4 Å². The largest absolute Gasteiger partial charge is 0.298 e. The molecule has 152 valence electrons. The number of carbonyl (C=O) groups is 1. The molecular weight excluding hydrogens is 406 g/mol. The Morgan fingerprint density at radius 1 is 1.07 bits per heavy atom. The quantitative estimate of drug-likeness (QED) is 0.608. The van der Waals surface area contributed by atoms with Crippen molar-refractivity contribution in [3.63, 3.8) is 0 Å². The lowest BCUT2D eigenvalue weighted by atomic mass is 10.1. The second-order valence-electron chi connectivity index (χ2n) is 6.75. The topological polar surface area (TPSA) is 79.4 Å². The van der Waals surface area contributed by atoms with E-state index in [0.29, 0.717) is 10.7 Å². The van der Waals surface area contributed by atoms with Crippen LogP contribution in [0.15, 0.2) is 58.8 Å². The standard InChI is InChI=1S/C21H23N3O3S2/c1-4-5-15-6-8-16(9-7-15)19-14-28-21(22-19)23-20(25)17-10-12-18(13-11-17)29(26,27)24(2)3/h6-14H,4-5H2,1-3H3,(H,22,23,25). The molecule has 0 aliphatic heterocycles. The molecule has 0 saturated heterocycles. The van der Waals surface area contributed by atoms with Crippen molar-refractivity contribution in [1.29, 1.82) is 0 Å². The van der Waals surface area contributed by atoms with Gasteiger partial charge in [0.25, 0.3) is 5.91 Å². The fraction of sp³-hybridized carbons (Fsp3) is 0.238. The van der Waals surface area contributed by atoms with Crippen molar-refractivity contribution in [2.75, 3.05) is 19.4 Å². The molecule has 0 aliphatic carbocycles. The Morgan fingerprint density at radius 3 is 2.31 bits per heavy atom. The summed E-state index contributed by atoms with van der Waals surface area (Å²) < 4.78 is 25.4. The summed E-state index contributed by atoms with van der Waals surface area (Å²) in [5.74, 6) is -0.335. The van der Waals surface area contributed by atoms with E-state index in [-0.39, 0.29) is 10.8 Å². The molecule has 29 heavy (non-hydrogen) atoms. The SMILES string of the molecule is CCCc1ccc(-c2csc(NC(=O)c3ccc(S(=O)(=O)N(C)C)cc3)n2)cc1. The molecule has 1 amide bonds. The Bertz CT molecular complexity index is 1090. The molecule has 0 radical (unpaired) electrons. The number of hydrogen-bond acceptors (Lipinski definition) is 5.